The molecule has 1 N–H and O–H groups in total. The molecule has 0 aliphatic heterocycles. The van der Waals surface area contributed by atoms with E-state index in [-0.39, 0.29) is 18.0 Å². The van der Waals surface area contributed by atoms with E-state index in [1.54, 1.807) is 6.92 Å². The van der Waals surface area contributed by atoms with Crippen LogP contribution in [0.3, 0.4) is 0 Å². The first-order valence-corrected chi connectivity index (χ1v) is 7.30. The van der Waals surface area contributed by atoms with Gasteiger partial charge >= 0.3 is 5.97 Å². The van der Waals surface area contributed by atoms with Gasteiger partial charge in [0, 0.05) is 6.42 Å². The van der Waals surface area contributed by atoms with E-state index in [1.165, 1.54) is 0 Å². The number of aliphatic hydroxyl groups excluding tert-OH is 1. The van der Waals surface area contributed by atoms with Gasteiger partial charge in [0.1, 0.15) is 6.10 Å². The van der Waals surface area contributed by atoms with E-state index in [9.17, 15) is 9.90 Å². The van der Waals surface area contributed by atoms with Gasteiger partial charge in [-0.05, 0) is 25.7 Å². The van der Waals surface area contributed by atoms with Gasteiger partial charge < -0.3 is 9.84 Å². The van der Waals surface area contributed by atoms with E-state index in [2.05, 4.69) is 20.8 Å². The Morgan fingerprint density at radius 3 is 2.11 bits per heavy atom. The van der Waals surface area contributed by atoms with Crippen LogP contribution in [0.5, 0.6) is 0 Å². The molecule has 0 radical (unpaired) electrons. The van der Waals surface area contributed by atoms with Crippen molar-refractivity contribution in [2.24, 2.45) is 11.8 Å². The monoisotopic (exact) mass is 258 g/mol. The first kappa shape index (κ1) is 17.4. The summed E-state index contributed by atoms with van der Waals surface area (Å²) in [4.78, 5) is 11.9. The van der Waals surface area contributed by atoms with Crippen LogP contribution in [0.4, 0.5) is 0 Å². The fraction of sp³-hybridized carbons (Fsp3) is 0.933. The Morgan fingerprint density at radius 1 is 1.11 bits per heavy atom. The van der Waals surface area contributed by atoms with E-state index in [4.69, 9.17) is 4.74 Å². The Hall–Kier alpha value is -0.570. The van der Waals surface area contributed by atoms with E-state index < -0.39 is 6.10 Å². The maximum atomic E-state index is 11.9. The molecule has 18 heavy (non-hydrogen) atoms. The predicted octanol–water partition coefficient (Wildman–Crippen LogP) is 3.54. The zero-order valence-electron chi connectivity index (χ0n) is 12.6. The molecule has 0 amide bonds. The number of hydrogen-bond donors (Lipinski definition) is 1. The topological polar surface area (TPSA) is 46.5 Å². The number of hydrogen-bond acceptors (Lipinski definition) is 3. The van der Waals surface area contributed by atoms with Gasteiger partial charge in [0.2, 0.25) is 0 Å². The van der Waals surface area contributed by atoms with Crippen molar-refractivity contribution >= 4 is 5.97 Å². The molecule has 2 unspecified atom stereocenters. The lowest BCUT2D eigenvalue weighted by atomic mass is 9.95. The number of aliphatic hydroxyl groups is 1. The quantitative estimate of drug-likeness (QED) is 0.643. The van der Waals surface area contributed by atoms with Crippen LogP contribution in [0.1, 0.15) is 66.7 Å². The van der Waals surface area contributed by atoms with Gasteiger partial charge in [-0.2, -0.15) is 0 Å². The zero-order chi connectivity index (χ0) is 14.1. The van der Waals surface area contributed by atoms with Gasteiger partial charge in [0.25, 0.3) is 0 Å². The SMILES string of the molecule is CCCC(C)C(=O)O[C@H](C[C@H](C)O)C(C)CCC. The van der Waals surface area contributed by atoms with Gasteiger partial charge in [0.05, 0.1) is 12.0 Å². The first-order valence-electron chi connectivity index (χ1n) is 7.30. The lowest BCUT2D eigenvalue weighted by Crippen LogP contribution is -2.31. The lowest BCUT2D eigenvalue weighted by molar-refractivity contribution is -0.158. The predicted molar refractivity (Wildman–Crippen MR) is 74.3 cm³/mol. The van der Waals surface area contributed by atoms with Crippen LogP contribution in [0.15, 0.2) is 0 Å². The third-order valence-electron chi connectivity index (χ3n) is 3.34. The van der Waals surface area contributed by atoms with Crippen LogP contribution >= 0.6 is 0 Å². The largest absolute Gasteiger partial charge is 0.462 e. The molecule has 0 aliphatic rings. The smallest absolute Gasteiger partial charge is 0.308 e. The number of carbonyl (C=O) groups is 1. The minimum absolute atomic E-state index is 0.0414. The maximum Gasteiger partial charge on any atom is 0.308 e. The van der Waals surface area contributed by atoms with Crippen molar-refractivity contribution in [2.75, 3.05) is 0 Å². The second-order valence-corrected chi connectivity index (χ2v) is 5.52. The van der Waals surface area contributed by atoms with Crippen molar-refractivity contribution in [2.45, 2.75) is 78.9 Å². The molecule has 0 aliphatic carbocycles. The fourth-order valence-electron chi connectivity index (χ4n) is 2.19. The highest BCUT2D eigenvalue weighted by Crippen LogP contribution is 2.21. The van der Waals surface area contributed by atoms with Gasteiger partial charge in [0.15, 0.2) is 0 Å². The molecule has 108 valence electrons. The normalized spacial score (nSPS) is 17.9. The third kappa shape index (κ3) is 7.00. The summed E-state index contributed by atoms with van der Waals surface area (Å²) in [7, 11) is 0. The Kier molecular flexibility index (Phi) is 9.08. The average molecular weight is 258 g/mol. The maximum absolute atomic E-state index is 11.9. The van der Waals surface area contributed by atoms with Gasteiger partial charge in [-0.25, -0.2) is 0 Å². The molecule has 0 saturated carbocycles. The van der Waals surface area contributed by atoms with Crippen molar-refractivity contribution in [1.29, 1.82) is 0 Å². The molecule has 0 aromatic heterocycles. The van der Waals surface area contributed by atoms with Crippen LogP contribution < -0.4 is 0 Å². The van der Waals surface area contributed by atoms with Crippen LogP contribution in [0.25, 0.3) is 0 Å². The highest BCUT2D eigenvalue weighted by atomic mass is 16.5. The van der Waals surface area contributed by atoms with Crippen LogP contribution in [0.2, 0.25) is 0 Å². The molecule has 0 rings (SSSR count). The summed E-state index contributed by atoms with van der Waals surface area (Å²) >= 11 is 0. The van der Waals surface area contributed by atoms with Crippen molar-refractivity contribution in [1.82, 2.24) is 0 Å². The summed E-state index contributed by atoms with van der Waals surface area (Å²) in [6, 6.07) is 0. The number of esters is 1. The minimum atomic E-state index is -0.427. The molecular weight excluding hydrogens is 228 g/mol. The van der Waals surface area contributed by atoms with Crippen molar-refractivity contribution < 1.29 is 14.6 Å². The number of rotatable bonds is 9. The highest BCUT2D eigenvalue weighted by Gasteiger charge is 2.25. The molecule has 3 nitrogen and oxygen atoms in total. The van der Waals surface area contributed by atoms with Crippen molar-refractivity contribution in [3.05, 3.63) is 0 Å². The molecule has 3 heteroatoms. The summed E-state index contributed by atoms with van der Waals surface area (Å²) in [5.74, 6) is 0.146. The van der Waals surface area contributed by atoms with E-state index >= 15 is 0 Å². The molecule has 0 spiro atoms. The number of carbonyl (C=O) groups excluding carboxylic acids is 1. The third-order valence-corrected chi connectivity index (χ3v) is 3.34. The highest BCUT2D eigenvalue weighted by molar-refractivity contribution is 5.72. The Balaban J connectivity index is 4.43. The van der Waals surface area contributed by atoms with Crippen LogP contribution in [-0.4, -0.2) is 23.3 Å². The molecule has 0 heterocycles. The zero-order valence-corrected chi connectivity index (χ0v) is 12.6. The number of ether oxygens (including phenoxy) is 1. The second-order valence-electron chi connectivity index (χ2n) is 5.52. The van der Waals surface area contributed by atoms with Crippen molar-refractivity contribution in [3.8, 4) is 0 Å². The second kappa shape index (κ2) is 9.37. The minimum Gasteiger partial charge on any atom is -0.462 e. The Bertz CT molecular complexity index is 226. The summed E-state index contributed by atoms with van der Waals surface area (Å²) in [5.41, 5.74) is 0. The summed E-state index contributed by atoms with van der Waals surface area (Å²) in [6.07, 6.45) is 3.89. The summed E-state index contributed by atoms with van der Waals surface area (Å²) in [6.45, 7) is 9.94. The van der Waals surface area contributed by atoms with Gasteiger partial charge in [-0.3, -0.25) is 4.79 Å². The molecule has 0 fully saturated rings. The lowest BCUT2D eigenvalue weighted by Gasteiger charge is -2.26. The molecular formula is C15H30O3. The summed E-state index contributed by atoms with van der Waals surface area (Å²) < 4.78 is 5.59. The first-order chi connectivity index (χ1) is 8.42. The van der Waals surface area contributed by atoms with Crippen LogP contribution in [-0.2, 0) is 9.53 Å². The molecule has 0 saturated heterocycles. The molecule has 4 atom stereocenters. The van der Waals surface area contributed by atoms with Gasteiger partial charge in [-0.1, -0.05) is 40.5 Å². The van der Waals surface area contributed by atoms with E-state index in [1.807, 2.05) is 6.92 Å². The molecule has 0 bridgehead atoms. The van der Waals surface area contributed by atoms with E-state index in [0.717, 1.165) is 25.7 Å². The Morgan fingerprint density at radius 2 is 1.67 bits per heavy atom. The van der Waals surface area contributed by atoms with Crippen molar-refractivity contribution in [3.63, 3.8) is 0 Å². The molecule has 0 aromatic rings. The Labute approximate surface area is 112 Å². The fourth-order valence-corrected chi connectivity index (χ4v) is 2.19. The molecule has 0 aromatic carbocycles. The van der Waals surface area contributed by atoms with Crippen LogP contribution in [0, 0.1) is 11.8 Å². The van der Waals surface area contributed by atoms with Gasteiger partial charge in [-0.15, -0.1) is 0 Å². The standard InChI is InChI=1S/C15H30O3/c1-6-8-11(3)14(10-13(5)16)18-15(17)12(4)9-7-2/h11-14,16H,6-10H2,1-5H3/t11?,12?,13-,14+/m0/s1. The van der Waals surface area contributed by atoms with E-state index in [0.29, 0.717) is 12.3 Å². The summed E-state index contributed by atoms with van der Waals surface area (Å²) in [5, 5.41) is 9.50. The average Bonchev–Trinajstić information content (AvgIpc) is 2.28.